The highest BCUT2D eigenvalue weighted by molar-refractivity contribution is 9.10. The number of hydrogen-bond donors (Lipinski definition) is 1. The highest BCUT2D eigenvalue weighted by Gasteiger charge is 2.14. The number of hydrogen-bond acceptors (Lipinski definition) is 2. The summed E-state index contributed by atoms with van der Waals surface area (Å²) in [6.07, 6.45) is 3.06. The largest absolute Gasteiger partial charge is 0.352 e. The Morgan fingerprint density at radius 3 is 2.39 bits per heavy atom. The summed E-state index contributed by atoms with van der Waals surface area (Å²) in [5.74, 6) is 0.0260. The Morgan fingerprint density at radius 1 is 0.935 bits per heavy atom. The highest BCUT2D eigenvalue weighted by Crippen LogP contribution is 2.25. The van der Waals surface area contributed by atoms with Crippen LogP contribution in [0.1, 0.15) is 23.1 Å². The maximum absolute atomic E-state index is 12.5. The quantitative estimate of drug-likeness (QED) is 0.365. The molecule has 0 radical (unpaired) electrons. The Bertz CT molecular complexity index is 1170. The second-order valence-corrected chi connectivity index (χ2v) is 8.37. The van der Waals surface area contributed by atoms with E-state index in [4.69, 9.17) is 5.10 Å². The lowest BCUT2D eigenvalue weighted by molar-refractivity contribution is -0.121. The fraction of sp³-hybridized carbons (Fsp3) is 0.154. The first-order chi connectivity index (χ1) is 15.1. The monoisotopic (exact) mass is 473 g/mol. The van der Waals surface area contributed by atoms with Gasteiger partial charge in [0.05, 0.1) is 11.4 Å². The van der Waals surface area contributed by atoms with Gasteiger partial charge >= 0.3 is 0 Å². The van der Waals surface area contributed by atoms with E-state index in [0.717, 1.165) is 32.5 Å². The first kappa shape index (κ1) is 21.1. The lowest BCUT2D eigenvalue weighted by atomic mass is 10.0. The van der Waals surface area contributed by atoms with Gasteiger partial charge in [0.25, 0.3) is 0 Å². The molecular formula is C26H24BrN3O. The van der Waals surface area contributed by atoms with Crippen molar-refractivity contribution in [3.05, 3.63) is 106 Å². The van der Waals surface area contributed by atoms with Crippen LogP contribution in [-0.4, -0.2) is 15.7 Å². The standard InChI is InChI=1S/C26H24BrN3O/c1-19-11-13-20(14-12-19)26-22(18-30(29-26)23-8-3-2-4-9-23)15-16-25(31)28-17-21-7-5-6-10-24(21)27/h2-14,18H,15-17H2,1H3,(H,28,31). The van der Waals surface area contributed by atoms with Gasteiger partial charge in [-0.2, -0.15) is 5.10 Å². The third-order valence-electron chi connectivity index (χ3n) is 5.19. The van der Waals surface area contributed by atoms with Crippen molar-refractivity contribution < 1.29 is 4.79 Å². The molecule has 0 spiro atoms. The SMILES string of the molecule is Cc1ccc(-c2nn(-c3ccccc3)cc2CCC(=O)NCc2ccccc2Br)cc1. The molecule has 0 aliphatic rings. The molecule has 0 fully saturated rings. The number of amides is 1. The predicted octanol–water partition coefficient (Wildman–Crippen LogP) is 5.86. The second-order valence-electron chi connectivity index (χ2n) is 7.52. The van der Waals surface area contributed by atoms with Crippen LogP contribution >= 0.6 is 15.9 Å². The summed E-state index contributed by atoms with van der Waals surface area (Å²) in [6.45, 7) is 2.58. The van der Waals surface area contributed by atoms with Gasteiger partial charge in [-0.3, -0.25) is 4.79 Å². The van der Waals surface area contributed by atoms with Crippen LogP contribution in [0.5, 0.6) is 0 Å². The highest BCUT2D eigenvalue weighted by atomic mass is 79.9. The number of nitrogens with one attached hydrogen (secondary N) is 1. The van der Waals surface area contributed by atoms with Crippen LogP contribution < -0.4 is 5.32 Å². The van der Waals surface area contributed by atoms with Crippen molar-refractivity contribution in [1.82, 2.24) is 15.1 Å². The van der Waals surface area contributed by atoms with Gasteiger partial charge in [0.1, 0.15) is 0 Å². The van der Waals surface area contributed by atoms with Gasteiger partial charge in [-0.15, -0.1) is 0 Å². The fourth-order valence-corrected chi connectivity index (χ4v) is 3.86. The van der Waals surface area contributed by atoms with Crippen LogP contribution in [0.2, 0.25) is 0 Å². The summed E-state index contributed by atoms with van der Waals surface area (Å²) in [6, 6.07) is 26.3. The molecule has 4 aromatic rings. The van der Waals surface area contributed by atoms with E-state index in [-0.39, 0.29) is 5.91 Å². The maximum atomic E-state index is 12.5. The van der Waals surface area contributed by atoms with E-state index in [1.807, 2.05) is 65.5 Å². The molecular weight excluding hydrogens is 450 g/mol. The topological polar surface area (TPSA) is 46.9 Å². The number of carbonyl (C=O) groups is 1. The Labute approximate surface area is 191 Å². The molecule has 5 heteroatoms. The number of aromatic nitrogens is 2. The molecule has 156 valence electrons. The van der Waals surface area contributed by atoms with Crippen LogP contribution in [0.25, 0.3) is 16.9 Å². The van der Waals surface area contributed by atoms with Crippen LogP contribution in [0.15, 0.2) is 89.5 Å². The molecule has 0 saturated carbocycles. The average Bonchev–Trinajstić information content (AvgIpc) is 3.22. The van der Waals surface area contributed by atoms with Crippen molar-refractivity contribution in [3.63, 3.8) is 0 Å². The van der Waals surface area contributed by atoms with Crippen LogP contribution in [0.3, 0.4) is 0 Å². The van der Waals surface area contributed by atoms with E-state index in [9.17, 15) is 4.79 Å². The zero-order valence-corrected chi connectivity index (χ0v) is 19.0. The molecule has 0 aliphatic carbocycles. The van der Waals surface area contributed by atoms with Gasteiger partial charge in [-0.25, -0.2) is 4.68 Å². The van der Waals surface area contributed by atoms with Gasteiger partial charge in [0, 0.05) is 29.2 Å². The molecule has 0 saturated heterocycles. The van der Waals surface area contributed by atoms with E-state index in [1.165, 1.54) is 5.56 Å². The van der Waals surface area contributed by atoms with Crippen LogP contribution in [0.4, 0.5) is 0 Å². The predicted molar refractivity (Wildman–Crippen MR) is 128 cm³/mol. The lowest BCUT2D eigenvalue weighted by Gasteiger charge is -2.07. The van der Waals surface area contributed by atoms with Gasteiger partial charge < -0.3 is 5.32 Å². The van der Waals surface area contributed by atoms with E-state index in [2.05, 4.69) is 52.4 Å². The van der Waals surface area contributed by atoms with Gasteiger partial charge in [0.2, 0.25) is 5.91 Å². The van der Waals surface area contributed by atoms with Crippen molar-refractivity contribution >= 4 is 21.8 Å². The Morgan fingerprint density at radius 2 is 1.65 bits per heavy atom. The van der Waals surface area contributed by atoms with E-state index >= 15 is 0 Å². The molecule has 4 rings (SSSR count). The van der Waals surface area contributed by atoms with E-state index < -0.39 is 0 Å². The zero-order valence-electron chi connectivity index (χ0n) is 17.4. The third kappa shape index (κ3) is 5.30. The summed E-state index contributed by atoms with van der Waals surface area (Å²) < 4.78 is 2.89. The number of nitrogens with zero attached hydrogens (tertiary/aromatic N) is 2. The van der Waals surface area contributed by atoms with Crippen LogP contribution in [-0.2, 0) is 17.8 Å². The number of rotatable bonds is 7. The van der Waals surface area contributed by atoms with Crippen molar-refractivity contribution in [2.45, 2.75) is 26.3 Å². The molecule has 1 heterocycles. The first-order valence-electron chi connectivity index (χ1n) is 10.3. The zero-order chi connectivity index (χ0) is 21.6. The Kier molecular flexibility index (Phi) is 6.63. The number of benzene rings is 3. The second kappa shape index (κ2) is 9.75. The Hall–Kier alpha value is -3.18. The van der Waals surface area contributed by atoms with E-state index in [1.54, 1.807) is 0 Å². The summed E-state index contributed by atoms with van der Waals surface area (Å²) in [5, 5.41) is 7.86. The molecule has 1 N–H and O–H groups in total. The molecule has 1 amide bonds. The summed E-state index contributed by atoms with van der Waals surface area (Å²) >= 11 is 3.53. The minimum atomic E-state index is 0.0260. The van der Waals surface area contributed by atoms with Gasteiger partial charge in [0.15, 0.2) is 0 Å². The van der Waals surface area contributed by atoms with Gasteiger partial charge in [-0.05, 0) is 42.7 Å². The minimum Gasteiger partial charge on any atom is -0.352 e. The van der Waals surface area contributed by atoms with Crippen LogP contribution in [0, 0.1) is 6.92 Å². The van der Waals surface area contributed by atoms with E-state index in [0.29, 0.717) is 19.4 Å². The molecule has 0 unspecified atom stereocenters. The number of aryl methyl sites for hydroxylation is 2. The van der Waals surface area contributed by atoms with Crippen molar-refractivity contribution in [3.8, 4) is 16.9 Å². The molecule has 3 aromatic carbocycles. The summed E-state index contributed by atoms with van der Waals surface area (Å²) in [5.41, 5.74) is 6.31. The fourth-order valence-electron chi connectivity index (χ4n) is 3.43. The molecule has 4 nitrogen and oxygen atoms in total. The molecule has 0 bridgehead atoms. The van der Waals surface area contributed by atoms with Crippen molar-refractivity contribution in [1.29, 1.82) is 0 Å². The maximum Gasteiger partial charge on any atom is 0.220 e. The lowest BCUT2D eigenvalue weighted by Crippen LogP contribution is -2.23. The van der Waals surface area contributed by atoms with Gasteiger partial charge in [-0.1, -0.05) is 82.2 Å². The molecule has 1 aromatic heterocycles. The number of para-hydroxylation sites is 1. The Balaban J connectivity index is 1.51. The smallest absolute Gasteiger partial charge is 0.220 e. The average molecular weight is 474 g/mol. The number of carbonyl (C=O) groups excluding carboxylic acids is 1. The third-order valence-corrected chi connectivity index (χ3v) is 5.96. The molecule has 31 heavy (non-hydrogen) atoms. The summed E-state index contributed by atoms with van der Waals surface area (Å²) in [4.78, 5) is 12.5. The molecule has 0 aliphatic heterocycles. The first-order valence-corrected chi connectivity index (χ1v) is 11.1. The minimum absolute atomic E-state index is 0.0260. The summed E-state index contributed by atoms with van der Waals surface area (Å²) in [7, 11) is 0. The molecule has 0 atom stereocenters. The van der Waals surface area contributed by atoms with Crippen molar-refractivity contribution in [2.24, 2.45) is 0 Å². The van der Waals surface area contributed by atoms with Crippen molar-refractivity contribution in [2.75, 3.05) is 0 Å². The normalized spacial score (nSPS) is 10.8. The number of halogens is 1.